The Hall–Kier alpha value is -0.180. The SMILES string of the molecule is CC(C)C1(CC2CCC(F)(F)C2)CCCCCN1. The van der Waals surface area contributed by atoms with Crippen LogP contribution in [0.25, 0.3) is 0 Å². The van der Waals surface area contributed by atoms with Crippen molar-refractivity contribution in [1.82, 2.24) is 5.32 Å². The number of hydrogen-bond acceptors (Lipinski definition) is 1. The molecule has 2 atom stereocenters. The van der Waals surface area contributed by atoms with Crippen molar-refractivity contribution >= 4 is 0 Å². The summed E-state index contributed by atoms with van der Waals surface area (Å²) in [5.41, 5.74) is 0.113. The Morgan fingerprint density at radius 3 is 2.56 bits per heavy atom. The lowest BCUT2D eigenvalue weighted by Gasteiger charge is -2.40. The predicted molar refractivity (Wildman–Crippen MR) is 70.9 cm³/mol. The first-order chi connectivity index (χ1) is 8.44. The van der Waals surface area contributed by atoms with E-state index in [-0.39, 0.29) is 24.3 Å². The number of nitrogens with one attached hydrogen (secondary N) is 1. The van der Waals surface area contributed by atoms with Gasteiger partial charge in [-0.25, -0.2) is 8.78 Å². The number of alkyl halides is 2. The molecule has 1 N–H and O–H groups in total. The smallest absolute Gasteiger partial charge is 0.248 e. The van der Waals surface area contributed by atoms with Crippen molar-refractivity contribution in [3.8, 4) is 0 Å². The molecule has 0 spiro atoms. The highest BCUT2D eigenvalue weighted by atomic mass is 19.3. The second-order valence-electron chi connectivity index (χ2n) is 6.72. The minimum atomic E-state index is -2.40. The van der Waals surface area contributed by atoms with Gasteiger partial charge in [-0.15, -0.1) is 0 Å². The molecule has 106 valence electrons. The fourth-order valence-electron chi connectivity index (χ4n) is 3.80. The van der Waals surface area contributed by atoms with Gasteiger partial charge in [0.05, 0.1) is 0 Å². The van der Waals surface area contributed by atoms with Crippen molar-refractivity contribution in [2.24, 2.45) is 11.8 Å². The van der Waals surface area contributed by atoms with E-state index in [0.717, 1.165) is 19.4 Å². The van der Waals surface area contributed by atoms with Gasteiger partial charge in [0.15, 0.2) is 0 Å². The molecule has 1 nitrogen and oxygen atoms in total. The maximum Gasteiger partial charge on any atom is 0.248 e. The summed E-state index contributed by atoms with van der Waals surface area (Å²) in [6, 6.07) is 0. The zero-order valence-electron chi connectivity index (χ0n) is 11.8. The third-order valence-electron chi connectivity index (χ3n) is 5.04. The largest absolute Gasteiger partial charge is 0.311 e. The molecular weight excluding hydrogens is 232 g/mol. The molecule has 0 aromatic rings. The van der Waals surface area contributed by atoms with E-state index in [1.807, 2.05) is 0 Å². The molecule has 1 saturated heterocycles. The molecule has 0 amide bonds. The minimum Gasteiger partial charge on any atom is -0.311 e. The van der Waals surface area contributed by atoms with Gasteiger partial charge in [-0.2, -0.15) is 0 Å². The highest BCUT2D eigenvalue weighted by Gasteiger charge is 2.44. The zero-order valence-corrected chi connectivity index (χ0v) is 11.8. The molecule has 2 unspecified atom stereocenters. The summed E-state index contributed by atoms with van der Waals surface area (Å²) in [7, 11) is 0. The summed E-state index contributed by atoms with van der Waals surface area (Å²) >= 11 is 0. The van der Waals surface area contributed by atoms with Crippen LogP contribution in [0.1, 0.15) is 65.2 Å². The van der Waals surface area contributed by atoms with Crippen LogP contribution in [0.4, 0.5) is 8.78 Å². The van der Waals surface area contributed by atoms with Gasteiger partial charge in [-0.05, 0) is 44.1 Å². The minimum absolute atomic E-state index is 0.103. The van der Waals surface area contributed by atoms with Crippen LogP contribution in [0.5, 0.6) is 0 Å². The van der Waals surface area contributed by atoms with E-state index < -0.39 is 5.92 Å². The Bertz CT molecular complexity index is 268. The Balaban J connectivity index is 2.02. The second-order valence-corrected chi connectivity index (χ2v) is 6.72. The first-order valence-electron chi connectivity index (χ1n) is 7.56. The van der Waals surface area contributed by atoms with Crippen LogP contribution in [0, 0.1) is 11.8 Å². The van der Waals surface area contributed by atoms with E-state index in [4.69, 9.17) is 0 Å². The van der Waals surface area contributed by atoms with Crippen molar-refractivity contribution in [3.63, 3.8) is 0 Å². The highest BCUT2D eigenvalue weighted by Crippen LogP contribution is 2.44. The third kappa shape index (κ3) is 3.23. The summed E-state index contributed by atoms with van der Waals surface area (Å²) in [5.74, 6) is -1.65. The Kier molecular flexibility index (Phi) is 4.30. The Morgan fingerprint density at radius 1 is 1.17 bits per heavy atom. The van der Waals surface area contributed by atoms with Crippen LogP contribution >= 0.6 is 0 Å². The molecule has 2 aliphatic rings. The van der Waals surface area contributed by atoms with Crippen molar-refractivity contribution in [2.45, 2.75) is 76.7 Å². The summed E-state index contributed by atoms with van der Waals surface area (Å²) in [6.45, 7) is 5.54. The first kappa shape index (κ1) is 14.2. The summed E-state index contributed by atoms with van der Waals surface area (Å²) in [4.78, 5) is 0. The lowest BCUT2D eigenvalue weighted by Crippen LogP contribution is -2.50. The summed E-state index contributed by atoms with van der Waals surface area (Å²) < 4.78 is 26.7. The van der Waals surface area contributed by atoms with E-state index >= 15 is 0 Å². The van der Waals surface area contributed by atoms with Crippen LogP contribution in [0.3, 0.4) is 0 Å². The molecule has 18 heavy (non-hydrogen) atoms. The number of hydrogen-bond donors (Lipinski definition) is 1. The fraction of sp³-hybridized carbons (Fsp3) is 1.00. The van der Waals surface area contributed by atoms with E-state index in [9.17, 15) is 8.78 Å². The molecule has 0 bridgehead atoms. The van der Waals surface area contributed by atoms with Gasteiger partial charge in [0, 0.05) is 18.4 Å². The zero-order chi connectivity index (χ0) is 13.2. The molecule has 1 aliphatic carbocycles. The molecule has 2 fully saturated rings. The Labute approximate surface area is 110 Å². The number of rotatable bonds is 3. The molecule has 0 radical (unpaired) electrons. The van der Waals surface area contributed by atoms with Crippen molar-refractivity contribution < 1.29 is 8.78 Å². The lowest BCUT2D eigenvalue weighted by atomic mass is 9.75. The quantitative estimate of drug-likeness (QED) is 0.793. The monoisotopic (exact) mass is 259 g/mol. The van der Waals surface area contributed by atoms with Gasteiger partial charge in [0.2, 0.25) is 5.92 Å². The van der Waals surface area contributed by atoms with E-state index in [1.165, 1.54) is 19.3 Å². The summed E-state index contributed by atoms with van der Waals surface area (Å²) in [5, 5.41) is 3.70. The average Bonchev–Trinajstić information content (AvgIpc) is 2.52. The van der Waals surface area contributed by atoms with Crippen LogP contribution in [-0.4, -0.2) is 18.0 Å². The van der Waals surface area contributed by atoms with Gasteiger partial charge in [0.1, 0.15) is 0 Å². The standard InChI is InChI=1S/C15H27F2N/c1-12(2)14(7-4-3-5-9-18-14)10-13-6-8-15(16,17)11-13/h12-13,18H,3-11H2,1-2H3. The maximum absolute atomic E-state index is 13.3. The van der Waals surface area contributed by atoms with Crippen molar-refractivity contribution in [3.05, 3.63) is 0 Å². The molecule has 2 rings (SSSR count). The Morgan fingerprint density at radius 2 is 1.94 bits per heavy atom. The van der Waals surface area contributed by atoms with E-state index in [1.54, 1.807) is 0 Å². The topological polar surface area (TPSA) is 12.0 Å². The second kappa shape index (κ2) is 5.44. The van der Waals surface area contributed by atoms with Gasteiger partial charge in [0.25, 0.3) is 0 Å². The van der Waals surface area contributed by atoms with Crippen LogP contribution in [-0.2, 0) is 0 Å². The van der Waals surface area contributed by atoms with E-state index in [2.05, 4.69) is 19.2 Å². The van der Waals surface area contributed by atoms with E-state index in [0.29, 0.717) is 12.3 Å². The third-order valence-corrected chi connectivity index (χ3v) is 5.04. The van der Waals surface area contributed by atoms with Crippen LogP contribution < -0.4 is 5.32 Å². The van der Waals surface area contributed by atoms with Crippen molar-refractivity contribution in [1.29, 1.82) is 0 Å². The molecule has 1 aliphatic heterocycles. The molecule has 1 saturated carbocycles. The van der Waals surface area contributed by atoms with Crippen LogP contribution in [0.15, 0.2) is 0 Å². The van der Waals surface area contributed by atoms with Gasteiger partial charge >= 0.3 is 0 Å². The molecule has 3 heteroatoms. The predicted octanol–water partition coefficient (Wildman–Crippen LogP) is 4.37. The van der Waals surface area contributed by atoms with Crippen molar-refractivity contribution in [2.75, 3.05) is 6.54 Å². The lowest BCUT2D eigenvalue weighted by molar-refractivity contribution is 0.00262. The van der Waals surface area contributed by atoms with Gasteiger partial charge < -0.3 is 5.32 Å². The molecule has 1 heterocycles. The van der Waals surface area contributed by atoms with Gasteiger partial charge in [-0.3, -0.25) is 0 Å². The fourth-order valence-corrected chi connectivity index (χ4v) is 3.80. The first-order valence-corrected chi connectivity index (χ1v) is 7.56. The van der Waals surface area contributed by atoms with Gasteiger partial charge in [-0.1, -0.05) is 26.7 Å². The number of halogens is 2. The maximum atomic E-state index is 13.3. The average molecular weight is 259 g/mol. The molecule has 0 aromatic heterocycles. The van der Waals surface area contributed by atoms with Crippen LogP contribution in [0.2, 0.25) is 0 Å². The summed E-state index contributed by atoms with van der Waals surface area (Å²) in [6.07, 6.45) is 6.79. The highest BCUT2D eigenvalue weighted by molar-refractivity contribution is 4.96. The molecular formula is C15H27F2N. The molecule has 0 aromatic carbocycles. The normalized spacial score (nSPS) is 36.8.